The highest BCUT2D eigenvalue weighted by atomic mass is 32.2. The van der Waals surface area contributed by atoms with Crippen LogP contribution < -0.4 is 4.72 Å². The molecule has 2 N–H and O–H groups in total. The van der Waals surface area contributed by atoms with Gasteiger partial charge in [0.25, 0.3) is 0 Å². The summed E-state index contributed by atoms with van der Waals surface area (Å²) >= 11 is 0. The monoisotopic (exact) mass is 291 g/mol. The lowest BCUT2D eigenvalue weighted by Gasteiger charge is -2.34. The molecular weight excluding hydrogens is 276 g/mol. The molecule has 0 amide bonds. The van der Waals surface area contributed by atoms with Gasteiger partial charge in [0.2, 0.25) is 10.0 Å². The second-order valence-electron chi connectivity index (χ2n) is 4.83. The Bertz CT molecular complexity index is 556. The molecule has 19 heavy (non-hydrogen) atoms. The van der Waals surface area contributed by atoms with E-state index in [0.29, 0.717) is 18.9 Å². The van der Waals surface area contributed by atoms with Crippen molar-refractivity contribution in [3.63, 3.8) is 0 Å². The van der Waals surface area contributed by atoms with E-state index in [1.807, 2.05) is 0 Å². The maximum Gasteiger partial charge on any atom is 0.216 e. The summed E-state index contributed by atoms with van der Waals surface area (Å²) < 4.78 is 52.1. The molecule has 0 aliphatic heterocycles. The van der Waals surface area contributed by atoms with Crippen LogP contribution >= 0.6 is 0 Å². The lowest BCUT2D eigenvalue weighted by atomic mass is 9.82. The van der Waals surface area contributed by atoms with Gasteiger partial charge in [-0.1, -0.05) is 6.07 Å². The molecule has 1 fully saturated rings. The molecule has 7 heteroatoms. The van der Waals surface area contributed by atoms with Crippen LogP contribution in [0.1, 0.15) is 18.4 Å². The third-order valence-electron chi connectivity index (χ3n) is 3.20. The van der Waals surface area contributed by atoms with Crippen LogP contribution in [0, 0.1) is 17.6 Å². The van der Waals surface area contributed by atoms with Gasteiger partial charge in [-0.3, -0.25) is 0 Å². The minimum atomic E-state index is -3.66. The molecule has 0 bridgehead atoms. The summed E-state index contributed by atoms with van der Waals surface area (Å²) in [6.07, 6.45) is 1.17. The zero-order valence-corrected chi connectivity index (χ0v) is 11.0. The molecule has 0 radical (unpaired) electrons. The molecule has 0 unspecified atom stereocenters. The number of hydrogen-bond donors (Lipinski definition) is 2. The summed E-state index contributed by atoms with van der Waals surface area (Å²) in [5.41, 5.74) is -0.0630. The maximum absolute atomic E-state index is 13.4. The first-order valence-electron chi connectivity index (χ1n) is 5.94. The molecule has 1 aliphatic rings. The smallest absolute Gasteiger partial charge is 0.216 e. The Morgan fingerprint density at radius 1 is 1.32 bits per heavy atom. The van der Waals surface area contributed by atoms with Gasteiger partial charge in [0.15, 0.2) is 0 Å². The molecule has 1 aliphatic carbocycles. The lowest BCUT2D eigenvalue weighted by molar-refractivity contribution is 0.137. The number of rotatable bonds is 5. The fraction of sp³-hybridized carbons (Fsp3) is 0.500. The molecule has 0 atom stereocenters. The highest BCUT2D eigenvalue weighted by Crippen LogP contribution is 2.27. The van der Waals surface area contributed by atoms with Gasteiger partial charge in [-0.25, -0.2) is 21.9 Å². The van der Waals surface area contributed by atoms with Gasteiger partial charge >= 0.3 is 0 Å². The van der Waals surface area contributed by atoms with Gasteiger partial charge in [0, 0.05) is 24.3 Å². The van der Waals surface area contributed by atoms with Gasteiger partial charge in [0.05, 0.1) is 5.75 Å². The minimum absolute atomic E-state index is 0.0464. The lowest BCUT2D eigenvalue weighted by Crippen LogP contribution is -2.45. The zero-order valence-electron chi connectivity index (χ0n) is 10.1. The fourth-order valence-electron chi connectivity index (χ4n) is 2.12. The van der Waals surface area contributed by atoms with Crippen LogP contribution in [0.2, 0.25) is 0 Å². The van der Waals surface area contributed by atoms with Crippen molar-refractivity contribution >= 4 is 10.0 Å². The number of benzene rings is 1. The molecule has 0 spiro atoms. The van der Waals surface area contributed by atoms with Crippen molar-refractivity contribution in [2.45, 2.75) is 24.6 Å². The van der Waals surface area contributed by atoms with Crippen molar-refractivity contribution in [3.8, 4) is 0 Å². The van der Waals surface area contributed by atoms with Crippen LogP contribution in [-0.4, -0.2) is 26.2 Å². The van der Waals surface area contributed by atoms with E-state index in [1.54, 1.807) is 0 Å². The van der Waals surface area contributed by atoms with Crippen LogP contribution in [0.3, 0.4) is 0 Å². The molecular formula is C12H15F2NO3S. The quantitative estimate of drug-likeness (QED) is 0.855. The molecule has 4 nitrogen and oxygen atoms in total. The molecule has 1 aromatic rings. The molecule has 1 saturated carbocycles. The Balaban J connectivity index is 1.97. The average molecular weight is 291 g/mol. The summed E-state index contributed by atoms with van der Waals surface area (Å²) in [5, 5.41) is 8.84. The molecule has 0 aromatic heterocycles. The SMILES string of the molecule is O=S(=O)(Cc1ccc(F)cc1F)NC1CC(CO)C1. The van der Waals surface area contributed by atoms with E-state index in [-0.39, 0.29) is 24.1 Å². The third-order valence-corrected chi connectivity index (χ3v) is 4.58. The zero-order chi connectivity index (χ0) is 14.0. The summed E-state index contributed by atoms with van der Waals surface area (Å²) in [6, 6.07) is 2.61. The van der Waals surface area contributed by atoms with Crippen molar-refractivity contribution in [2.75, 3.05) is 6.61 Å². The number of sulfonamides is 1. The summed E-state index contributed by atoms with van der Waals surface area (Å²) in [5.74, 6) is -1.99. The van der Waals surface area contributed by atoms with Crippen molar-refractivity contribution in [1.82, 2.24) is 4.72 Å². The number of nitrogens with one attached hydrogen (secondary N) is 1. The van der Waals surface area contributed by atoms with Crippen LogP contribution in [-0.2, 0) is 15.8 Å². The van der Waals surface area contributed by atoms with Crippen LogP contribution in [0.4, 0.5) is 8.78 Å². The van der Waals surface area contributed by atoms with Crippen molar-refractivity contribution < 1.29 is 22.3 Å². The summed E-state index contributed by atoms with van der Waals surface area (Å²) in [7, 11) is -3.66. The van der Waals surface area contributed by atoms with Crippen LogP contribution in [0.15, 0.2) is 18.2 Å². The summed E-state index contributed by atoms with van der Waals surface area (Å²) in [4.78, 5) is 0. The fourth-order valence-corrected chi connectivity index (χ4v) is 3.55. The van der Waals surface area contributed by atoms with E-state index in [4.69, 9.17) is 5.11 Å². The topological polar surface area (TPSA) is 66.4 Å². The van der Waals surface area contributed by atoms with Crippen molar-refractivity contribution in [2.24, 2.45) is 5.92 Å². The minimum Gasteiger partial charge on any atom is -0.396 e. The summed E-state index contributed by atoms with van der Waals surface area (Å²) in [6.45, 7) is 0.0464. The van der Waals surface area contributed by atoms with Crippen molar-refractivity contribution in [1.29, 1.82) is 0 Å². The van der Waals surface area contributed by atoms with E-state index in [0.717, 1.165) is 12.1 Å². The molecule has 1 aromatic carbocycles. The average Bonchev–Trinajstić information content (AvgIpc) is 2.27. The van der Waals surface area contributed by atoms with Gasteiger partial charge < -0.3 is 5.11 Å². The van der Waals surface area contributed by atoms with Gasteiger partial charge in [-0.05, 0) is 24.8 Å². The van der Waals surface area contributed by atoms with E-state index in [2.05, 4.69) is 4.72 Å². The van der Waals surface area contributed by atoms with Crippen molar-refractivity contribution in [3.05, 3.63) is 35.4 Å². The predicted octanol–water partition coefficient (Wildman–Crippen LogP) is 1.16. The van der Waals surface area contributed by atoms with E-state index < -0.39 is 27.4 Å². The van der Waals surface area contributed by atoms with Gasteiger partial charge in [-0.2, -0.15) is 0 Å². The first kappa shape index (κ1) is 14.4. The van der Waals surface area contributed by atoms with E-state index in [9.17, 15) is 17.2 Å². The molecule has 0 saturated heterocycles. The molecule has 106 valence electrons. The Morgan fingerprint density at radius 2 is 2.00 bits per heavy atom. The maximum atomic E-state index is 13.4. The number of hydrogen-bond acceptors (Lipinski definition) is 3. The Hall–Kier alpha value is -1.05. The second-order valence-corrected chi connectivity index (χ2v) is 6.58. The highest BCUT2D eigenvalue weighted by Gasteiger charge is 2.31. The standard InChI is InChI=1S/C12H15F2NO3S/c13-10-2-1-9(12(14)5-10)7-19(17,18)15-11-3-8(4-11)6-16/h1-2,5,8,11,15-16H,3-4,6-7H2. The highest BCUT2D eigenvalue weighted by molar-refractivity contribution is 7.88. The molecule has 2 rings (SSSR count). The Morgan fingerprint density at radius 3 is 2.58 bits per heavy atom. The largest absolute Gasteiger partial charge is 0.396 e. The number of halogens is 2. The first-order chi connectivity index (χ1) is 8.89. The predicted molar refractivity (Wildman–Crippen MR) is 65.7 cm³/mol. The Labute approximate surface area is 110 Å². The molecule has 0 heterocycles. The third kappa shape index (κ3) is 3.71. The van der Waals surface area contributed by atoms with Gasteiger partial charge in [-0.15, -0.1) is 0 Å². The van der Waals surface area contributed by atoms with Crippen LogP contribution in [0.25, 0.3) is 0 Å². The first-order valence-corrected chi connectivity index (χ1v) is 7.59. The van der Waals surface area contributed by atoms with Gasteiger partial charge in [0.1, 0.15) is 11.6 Å². The van der Waals surface area contributed by atoms with E-state index >= 15 is 0 Å². The van der Waals surface area contributed by atoms with E-state index in [1.165, 1.54) is 0 Å². The number of aliphatic hydroxyl groups is 1. The second kappa shape index (κ2) is 5.52. The van der Waals surface area contributed by atoms with Crippen LogP contribution in [0.5, 0.6) is 0 Å². The Kier molecular flexibility index (Phi) is 4.17. The normalized spacial score (nSPS) is 23.1. The number of aliphatic hydroxyl groups excluding tert-OH is 1.